The molecule has 1 amide bonds. The summed E-state index contributed by atoms with van der Waals surface area (Å²) in [5.41, 5.74) is 0.412. The number of nitrogens with one attached hydrogen (secondary N) is 1. The summed E-state index contributed by atoms with van der Waals surface area (Å²) in [5, 5.41) is 6.80. The van der Waals surface area contributed by atoms with E-state index in [1.807, 2.05) is 13.8 Å². The van der Waals surface area contributed by atoms with Crippen LogP contribution in [0.1, 0.15) is 30.4 Å². The zero-order valence-corrected chi connectivity index (χ0v) is 13.5. The highest BCUT2D eigenvalue weighted by Gasteiger charge is 2.12. The Labute approximate surface area is 133 Å². The van der Waals surface area contributed by atoms with Crippen LogP contribution >= 0.6 is 0 Å². The monoisotopic (exact) mass is 317 g/mol. The predicted octanol–water partition coefficient (Wildman–Crippen LogP) is 2.09. The molecule has 0 unspecified atom stereocenters. The molecule has 1 heterocycles. The third-order valence-electron chi connectivity index (χ3n) is 3.16. The zero-order chi connectivity index (χ0) is 17.0. The number of aromatic nitrogens is 2. The quantitative estimate of drug-likeness (QED) is 0.913. The smallest absolute Gasteiger partial charge is 0.276 e. The Hall–Kier alpha value is -2.83. The fraction of sp³-hybridized carbons (Fsp3) is 0.312. The second-order valence-electron chi connectivity index (χ2n) is 5.15. The minimum atomic E-state index is -0.422. The van der Waals surface area contributed by atoms with Crippen molar-refractivity contribution in [1.82, 2.24) is 9.78 Å². The van der Waals surface area contributed by atoms with Gasteiger partial charge in [-0.3, -0.25) is 9.59 Å². The third-order valence-corrected chi connectivity index (χ3v) is 3.16. The Morgan fingerprint density at radius 3 is 2.26 bits per heavy atom. The summed E-state index contributed by atoms with van der Waals surface area (Å²) in [7, 11) is 3.06. The van der Waals surface area contributed by atoms with Gasteiger partial charge in [0.2, 0.25) is 0 Å². The molecule has 0 saturated heterocycles. The van der Waals surface area contributed by atoms with E-state index in [-0.39, 0.29) is 17.3 Å². The van der Waals surface area contributed by atoms with Crippen molar-refractivity contribution in [3.8, 4) is 11.5 Å². The van der Waals surface area contributed by atoms with Gasteiger partial charge in [-0.25, -0.2) is 4.68 Å². The Balaban J connectivity index is 2.29. The number of carbonyl (C=O) groups excluding carboxylic acids is 1. The number of benzene rings is 1. The maximum atomic E-state index is 12.3. The summed E-state index contributed by atoms with van der Waals surface area (Å²) in [6.07, 6.45) is 0. The van der Waals surface area contributed by atoms with Gasteiger partial charge in [-0.05, 0) is 19.9 Å². The van der Waals surface area contributed by atoms with Gasteiger partial charge in [-0.1, -0.05) is 0 Å². The van der Waals surface area contributed by atoms with Gasteiger partial charge < -0.3 is 14.8 Å². The lowest BCUT2D eigenvalue weighted by Gasteiger charge is -2.11. The SMILES string of the molecule is COc1cc(NC(=O)c2ccc(=O)n(C(C)C)n2)cc(OC)c1. The van der Waals surface area contributed by atoms with Gasteiger partial charge in [0.1, 0.15) is 17.2 Å². The molecular formula is C16H19N3O4. The first-order valence-electron chi connectivity index (χ1n) is 7.09. The topological polar surface area (TPSA) is 82.5 Å². The number of carbonyl (C=O) groups is 1. The molecule has 1 aromatic heterocycles. The molecular weight excluding hydrogens is 298 g/mol. The van der Waals surface area contributed by atoms with E-state index < -0.39 is 5.91 Å². The van der Waals surface area contributed by atoms with E-state index in [4.69, 9.17) is 9.47 Å². The van der Waals surface area contributed by atoms with Crippen LogP contribution in [-0.4, -0.2) is 29.9 Å². The Bertz CT molecular complexity index is 746. The highest BCUT2D eigenvalue weighted by Crippen LogP contribution is 2.25. The number of methoxy groups -OCH3 is 2. The van der Waals surface area contributed by atoms with Gasteiger partial charge in [-0.15, -0.1) is 0 Å². The second kappa shape index (κ2) is 6.95. The predicted molar refractivity (Wildman–Crippen MR) is 86.4 cm³/mol. The number of rotatable bonds is 5. The molecule has 2 aromatic rings. The van der Waals surface area contributed by atoms with Crippen molar-refractivity contribution in [2.45, 2.75) is 19.9 Å². The van der Waals surface area contributed by atoms with Crippen molar-refractivity contribution < 1.29 is 14.3 Å². The molecule has 1 aromatic carbocycles. The fourth-order valence-electron chi connectivity index (χ4n) is 1.99. The maximum Gasteiger partial charge on any atom is 0.276 e. The van der Waals surface area contributed by atoms with E-state index in [1.165, 1.54) is 31.0 Å². The molecule has 0 bridgehead atoms. The molecule has 23 heavy (non-hydrogen) atoms. The molecule has 0 fully saturated rings. The maximum absolute atomic E-state index is 12.3. The van der Waals surface area contributed by atoms with Crippen LogP contribution in [0.5, 0.6) is 11.5 Å². The van der Waals surface area contributed by atoms with Crippen LogP contribution in [-0.2, 0) is 0 Å². The van der Waals surface area contributed by atoms with Gasteiger partial charge in [-0.2, -0.15) is 5.10 Å². The van der Waals surface area contributed by atoms with Crippen LogP contribution < -0.4 is 20.3 Å². The number of hydrogen-bond acceptors (Lipinski definition) is 5. The molecule has 7 nitrogen and oxygen atoms in total. The van der Waals surface area contributed by atoms with Gasteiger partial charge in [0, 0.05) is 30.0 Å². The van der Waals surface area contributed by atoms with Crippen molar-refractivity contribution in [3.63, 3.8) is 0 Å². The largest absolute Gasteiger partial charge is 0.497 e. The average Bonchev–Trinajstić information content (AvgIpc) is 2.54. The summed E-state index contributed by atoms with van der Waals surface area (Å²) >= 11 is 0. The Kier molecular flexibility index (Phi) is 5.00. The average molecular weight is 317 g/mol. The van der Waals surface area contributed by atoms with E-state index in [9.17, 15) is 9.59 Å². The van der Waals surface area contributed by atoms with Crippen LogP contribution in [0.4, 0.5) is 5.69 Å². The molecule has 2 rings (SSSR count). The molecule has 1 N–H and O–H groups in total. The molecule has 0 atom stereocenters. The molecule has 7 heteroatoms. The van der Waals surface area contributed by atoms with Gasteiger partial charge in [0.05, 0.1) is 20.3 Å². The van der Waals surface area contributed by atoms with E-state index in [2.05, 4.69) is 10.4 Å². The highest BCUT2D eigenvalue weighted by atomic mass is 16.5. The van der Waals surface area contributed by atoms with Crippen molar-refractivity contribution in [2.24, 2.45) is 0 Å². The zero-order valence-electron chi connectivity index (χ0n) is 13.5. The second-order valence-corrected chi connectivity index (χ2v) is 5.15. The standard InChI is InChI=1S/C16H19N3O4/c1-10(2)19-15(20)6-5-14(18-19)16(21)17-11-7-12(22-3)9-13(8-11)23-4/h5-10H,1-4H3,(H,17,21). The number of nitrogens with zero attached hydrogens (tertiary/aromatic N) is 2. The molecule has 0 aliphatic rings. The first-order chi connectivity index (χ1) is 10.9. The fourth-order valence-corrected chi connectivity index (χ4v) is 1.99. The number of anilines is 1. The van der Waals surface area contributed by atoms with E-state index in [0.29, 0.717) is 17.2 Å². The Morgan fingerprint density at radius 2 is 1.74 bits per heavy atom. The van der Waals surface area contributed by atoms with Crippen LogP contribution in [0.2, 0.25) is 0 Å². The summed E-state index contributed by atoms with van der Waals surface area (Å²) < 4.78 is 11.6. The van der Waals surface area contributed by atoms with Crippen molar-refractivity contribution in [2.75, 3.05) is 19.5 Å². The van der Waals surface area contributed by atoms with Crippen LogP contribution in [0, 0.1) is 0 Å². The normalized spacial score (nSPS) is 10.5. The lowest BCUT2D eigenvalue weighted by Crippen LogP contribution is -2.27. The lowest BCUT2D eigenvalue weighted by atomic mass is 10.2. The van der Waals surface area contributed by atoms with Gasteiger partial charge in [0.25, 0.3) is 11.5 Å². The van der Waals surface area contributed by atoms with Crippen molar-refractivity contribution in [3.05, 3.63) is 46.4 Å². The number of hydrogen-bond donors (Lipinski definition) is 1. The minimum Gasteiger partial charge on any atom is -0.497 e. The molecule has 0 saturated carbocycles. The molecule has 122 valence electrons. The molecule has 0 aliphatic heterocycles. The van der Waals surface area contributed by atoms with E-state index >= 15 is 0 Å². The number of ether oxygens (including phenoxy) is 2. The minimum absolute atomic E-state index is 0.132. The molecule has 0 radical (unpaired) electrons. The van der Waals surface area contributed by atoms with Crippen molar-refractivity contribution >= 4 is 11.6 Å². The van der Waals surface area contributed by atoms with E-state index in [1.54, 1.807) is 18.2 Å². The van der Waals surface area contributed by atoms with E-state index in [0.717, 1.165) is 0 Å². The summed E-state index contributed by atoms with van der Waals surface area (Å²) in [4.78, 5) is 24.0. The highest BCUT2D eigenvalue weighted by molar-refractivity contribution is 6.02. The summed E-state index contributed by atoms with van der Waals surface area (Å²) in [6.45, 7) is 3.64. The van der Waals surface area contributed by atoms with Crippen LogP contribution in [0.3, 0.4) is 0 Å². The molecule has 0 aliphatic carbocycles. The van der Waals surface area contributed by atoms with Crippen LogP contribution in [0.25, 0.3) is 0 Å². The summed E-state index contributed by atoms with van der Waals surface area (Å²) in [5.74, 6) is 0.689. The third kappa shape index (κ3) is 3.88. The van der Waals surface area contributed by atoms with Gasteiger partial charge >= 0.3 is 0 Å². The molecule has 0 spiro atoms. The lowest BCUT2D eigenvalue weighted by molar-refractivity contribution is 0.101. The number of amides is 1. The van der Waals surface area contributed by atoms with Crippen LogP contribution in [0.15, 0.2) is 35.1 Å². The first kappa shape index (κ1) is 16.5. The van der Waals surface area contributed by atoms with Gasteiger partial charge in [0.15, 0.2) is 0 Å². The first-order valence-corrected chi connectivity index (χ1v) is 7.09. The summed E-state index contributed by atoms with van der Waals surface area (Å²) in [6, 6.07) is 7.62. The Morgan fingerprint density at radius 1 is 1.13 bits per heavy atom. The van der Waals surface area contributed by atoms with Crippen molar-refractivity contribution in [1.29, 1.82) is 0 Å².